The molecule has 1 aromatic heterocycles. The van der Waals surface area contributed by atoms with E-state index in [-0.39, 0.29) is 0 Å². The zero-order chi connectivity index (χ0) is 15.3. The average Bonchev–Trinajstić information content (AvgIpc) is 2.40. The number of likely N-dealkylation sites (N-methyl/N-ethyl adjacent to an activating group) is 1. The van der Waals surface area contributed by atoms with Crippen molar-refractivity contribution in [2.45, 2.75) is 26.3 Å². The number of ether oxygens (including phenoxy) is 1. The number of carbonyl (C=O) groups excluding carboxylic acids is 1. The highest BCUT2D eigenvalue weighted by Gasteiger charge is 2.35. The molecule has 110 valence electrons. The molecule has 7 heteroatoms. The number of carbonyl (C=O) groups is 2. The minimum Gasteiger partial charge on any atom is -0.480 e. The van der Waals surface area contributed by atoms with Gasteiger partial charge in [-0.3, -0.25) is 0 Å². The average molecular weight is 281 g/mol. The third-order valence-electron chi connectivity index (χ3n) is 2.95. The van der Waals surface area contributed by atoms with E-state index in [1.165, 1.54) is 27.1 Å². The molecule has 0 saturated heterocycles. The Bertz CT molecular complexity index is 485. The molecule has 0 aromatic carbocycles. The van der Waals surface area contributed by atoms with Crippen LogP contribution in [0.1, 0.15) is 20.8 Å². The van der Waals surface area contributed by atoms with Crippen molar-refractivity contribution in [3.8, 4) is 5.88 Å². The highest BCUT2D eigenvalue weighted by Crippen LogP contribution is 2.16. The third kappa shape index (κ3) is 3.59. The molecule has 2 amide bonds. The second-order valence-electron chi connectivity index (χ2n) is 4.67. The molecule has 20 heavy (non-hydrogen) atoms. The Balaban J connectivity index is 2.73. The van der Waals surface area contributed by atoms with Gasteiger partial charge >= 0.3 is 12.0 Å². The van der Waals surface area contributed by atoms with E-state index in [1.807, 2.05) is 6.92 Å². The maximum atomic E-state index is 12.0. The molecular weight excluding hydrogens is 262 g/mol. The van der Waals surface area contributed by atoms with Gasteiger partial charge in [0.05, 0.1) is 18.5 Å². The van der Waals surface area contributed by atoms with E-state index in [9.17, 15) is 9.59 Å². The summed E-state index contributed by atoms with van der Waals surface area (Å²) in [6, 6.07) is 2.74. The Morgan fingerprint density at radius 2 is 2.10 bits per heavy atom. The van der Waals surface area contributed by atoms with Crippen LogP contribution in [0.3, 0.4) is 0 Å². The molecule has 0 atom stereocenters. The first-order valence-electron chi connectivity index (χ1n) is 6.16. The van der Waals surface area contributed by atoms with Crippen LogP contribution in [0.25, 0.3) is 0 Å². The Morgan fingerprint density at radius 3 is 2.55 bits per heavy atom. The van der Waals surface area contributed by atoms with Crippen LogP contribution < -0.4 is 10.1 Å². The number of nitrogens with zero attached hydrogens (tertiary/aromatic N) is 2. The van der Waals surface area contributed by atoms with Crippen molar-refractivity contribution >= 4 is 17.7 Å². The minimum atomic E-state index is -1.30. The van der Waals surface area contributed by atoms with Crippen LogP contribution in [0.15, 0.2) is 18.3 Å². The minimum absolute atomic E-state index is 0.463. The number of aliphatic carboxylic acids is 1. The summed E-state index contributed by atoms with van der Waals surface area (Å²) in [5, 5.41) is 11.6. The number of urea groups is 1. The van der Waals surface area contributed by atoms with Gasteiger partial charge in [0.2, 0.25) is 5.88 Å². The number of rotatable bonds is 5. The Morgan fingerprint density at radius 1 is 1.45 bits per heavy atom. The van der Waals surface area contributed by atoms with Gasteiger partial charge in [-0.25, -0.2) is 14.6 Å². The third-order valence-corrected chi connectivity index (χ3v) is 2.95. The first-order valence-corrected chi connectivity index (χ1v) is 6.16. The fourth-order valence-corrected chi connectivity index (χ4v) is 1.29. The summed E-state index contributed by atoms with van der Waals surface area (Å²) >= 11 is 0. The number of amides is 2. The van der Waals surface area contributed by atoms with Crippen molar-refractivity contribution in [1.29, 1.82) is 0 Å². The number of anilines is 1. The van der Waals surface area contributed by atoms with Gasteiger partial charge in [0.25, 0.3) is 0 Å². The van der Waals surface area contributed by atoms with Crippen LogP contribution >= 0.6 is 0 Å². The summed E-state index contributed by atoms with van der Waals surface area (Å²) in [5.74, 6) is -0.621. The number of nitrogens with one attached hydrogen (secondary N) is 1. The predicted molar refractivity (Wildman–Crippen MR) is 73.9 cm³/mol. The number of carboxylic acid groups (broad SMARTS) is 1. The van der Waals surface area contributed by atoms with E-state index in [0.29, 0.717) is 18.2 Å². The standard InChI is InChI=1S/C13H19N3O4/c1-5-20-10-7-6-9(8-14-10)15-12(19)16(4)13(2,3)11(17)18/h6-8H,5H2,1-4H3,(H,15,19)(H,17,18). The van der Waals surface area contributed by atoms with Crippen LogP contribution in [0, 0.1) is 0 Å². The molecule has 1 aromatic rings. The molecule has 0 bridgehead atoms. The predicted octanol–water partition coefficient (Wildman–Crippen LogP) is 1.81. The molecule has 1 rings (SSSR count). The van der Waals surface area contributed by atoms with Crippen molar-refractivity contribution in [1.82, 2.24) is 9.88 Å². The molecule has 0 aliphatic rings. The number of hydrogen-bond donors (Lipinski definition) is 2. The maximum absolute atomic E-state index is 12.0. The first-order chi connectivity index (χ1) is 9.28. The van der Waals surface area contributed by atoms with E-state index in [0.717, 1.165) is 4.90 Å². The maximum Gasteiger partial charge on any atom is 0.329 e. The van der Waals surface area contributed by atoms with Crippen LogP contribution in [0.4, 0.5) is 10.5 Å². The molecule has 7 nitrogen and oxygen atoms in total. The van der Waals surface area contributed by atoms with E-state index >= 15 is 0 Å². The lowest BCUT2D eigenvalue weighted by molar-refractivity contribution is -0.146. The second-order valence-corrected chi connectivity index (χ2v) is 4.67. The molecule has 0 saturated carbocycles. The molecule has 0 radical (unpaired) electrons. The second kappa shape index (κ2) is 6.23. The van der Waals surface area contributed by atoms with Crippen LogP contribution in [-0.4, -0.2) is 46.2 Å². The Hall–Kier alpha value is -2.31. The van der Waals surface area contributed by atoms with E-state index in [4.69, 9.17) is 9.84 Å². The normalized spacial score (nSPS) is 10.8. The smallest absolute Gasteiger partial charge is 0.329 e. The molecule has 0 aliphatic carbocycles. The molecule has 0 aliphatic heterocycles. The van der Waals surface area contributed by atoms with Crippen LogP contribution in [0.5, 0.6) is 5.88 Å². The summed E-state index contributed by atoms with van der Waals surface area (Å²) in [6.45, 7) is 5.26. The van der Waals surface area contributed by atoms with E-state index in [1.54, 1.807) is 12.1 Å². The van der Waals surface area contributed by atoms with Crippen molar-refractivity contribution in [2.75, 3.05) is 19.0 Å². The fourth-order valence-electron chi connectivity index (χ4n) is 1.29. The number of aromatic nitrogens is 1. The lowest BCUT2D eigenvalue weighted by atomic mass is 10.1. The topological polar surface area (TPSA) is 91.8 Å². The molecule has 0 spiro atoms. The quantitative estimate of drug-likeness (QED) is 0.858. The molecule has 2 N–H and O–H groups in total. The van der Waals surface area contributed by atoms with Gasteiger partial charge in [0.15, 0.2) is 0 Å². The number of pyridine rings is 1. The lowest BCUT2D eigenvalue weighted by Crippen LogP contribution is -2.52. The Kier molecular flexibility index (Phi) is 4.90. The molecule has 0 unspecified atom stereocenters. The van der Waals surface area contributed by atoms with Gasteiger partial charge in [0, 0.05) is 13.1 Å². The molecular formula is C13H19N3O4. The van der Waals surface area contributed by atoms with Gasteiger partial charge in [-0.2, -0.15) is 0 Å². The summed E-state index contributed by atoms with van der Waals surface area (Å²) in [6.07, 6.45) is 1.45. The van der Waals surface area contributed by atoms with Crippen molar-refractivity contribution < 1.29 is 19.4 Å². The number of hydrogen-bond acceptors (Lipinski definition) is 4. The largest absolute Gasteiger partial charge is 0.480 e. The van der Waals surface area contributed by atoms with E-state index in [2.05, 4.69) is 10.3 Å². The van der Waals surface area contributed by atoms with Crippen LogP contribution in [-0.2, 0) is 4.79 Å². The van der Waals surface area contributed by atoms with Gasteiger partial charge in [-0.05, 0) is 26.8 Å². The lowest BCUT2D eigenvalue weighted by Gasteiger charge is -2.31. The van der Waals surface area contributed by atoms with Gasteiger partial charge in [-0.1, -0.05) is 0 Å². The molecule has 1 heterocycles. The summed E-state index contributed by atoms with van der Waals surface area (Å²) in [4.78, 5) is 28.2. The zero-order valence-electron chi connectivity index (χ0n) is 12.0. The van der Waals surface area contributed by atoms with Gasteiger partial charge < -0.3 is 20.1 Å². The summed E-state index contributed by atoms with van der Waals surface area (Å²) < 4.78 is 5.19. The monoisotopic (exact) mass is 281 g/mol. The first kappa shape index (κ1) is 15.7. The highest BCUT2D eigenvalue weighted by atomic mass is 16.5. The Labute approximate surface area is 117 Å². The van der Waals surface area contributed by atoms with E-state index < -0.39 is 17.5 Å². The van der Waals surface area contributed by atoms with Crippen molar-refractivity contribution in [3.63, 3.8) is 0 Å². The van der Waals surface area contributed by atoms with Crippen molar-refractivity contribution in [2.24, 2.45) is 0 Å². The molecule has 0 fully saturated rings. The van der Waals surface area contributed by atoms with Crippen LogP contribution in [0.2, 0.25) is 0 Å². The zero-order valence-corrected chi connectivity index (χ0v) is 12.0. The van der Waals surface area contributed by atoms with Gasteiger partial charge in [0.1, 0.15) is 5.54 Å². The fraction of sp³-hybridized carbons (Fsp3) is 0.462. The van der Waals surface area contributed by atoms with Crippen molar-refractivity contribution in [3.05, 3.63) is 18.3 Å². The number of carboxylic acids is 1. The van der Waals surface area contributed by atoms with Gasteiger partial charge in [-0.15, -0.1) is 0 Å². The SMILES string of the molecule is CCOc1ccc(NC(=O)N(C)C(C)(C)C(=O)O)cn1. The summed E-state index contributed by atoms with van der Waals surface area (Å²) in [5.41, 5.74) is -0.838. The summed E-state index contributed by atoms with van der Waals surface area (Å²) in [7, 11) is 1.42. The highest BCUT2D eigenvalue weighted by molar-refractivity contribution is 5.93.